The number of amides is 1. The first-order valence-electron chi connectivity index (χ1n) is 4.70. The van der Waals surface area contributed by atoms with Gasteiger partial charge in [0, 0.05) is 5.56 Å². The van der Waals surface area contributed by atoms with E-state index >= 15 is 0 Å². The van der Waals surface area contributed by atoms with Crippen LogP contribution in [0.4, 0.5) is 0 Å². The predicted molar refractivity (Wildman–Crippen MR) is 57.2 cm³/mol. The van der Waals surface area contributed by atoms with Gasteiger partial charge in [0.1, 0.15) is 5.75 Å². The van der Waals surface area contributed by atoms with Crippen LogP contribution in [0.5, 0.6) is 5.75 Å². The smallest absolute Gasteiger partial charge is 0.248 e. The predicted octanol–water partition coefficient (Wildman–Crippen LogP) is 2.30. The fourth-order valence-corrected chi connectivity index (χ4v) is 0.626. The molecule has 78 valence electrons. The van der Waals surface area contributed by atoms with Crippen molar-refractivity contribution in [2.45, 2.75) is 26.7 Å². The van der Waals surface area contributed by atoms with Gasteiger partial charge in [0.25, 0.3) is 0 Å². The van der Waals surface area contributed by atoms with Gasteiger partial charge in [0.2, 0.25) is 5.91 Å². The number of primary amides is 1. The molecule has 3 heteroatoms. The molecule has 0 aliphatic heterocycles. The number of carbonyl (C=O) groups excluding carboxylic acids is 1. The molecular formula is C11H17NO2. The molecule has 14 heavy (non-hydrogen) atoms. The largest absolute Gasteiger partial charge is 0.508 e. The fourth-order valence-electron chi connectivity index (χ4n) is 0.626. The van der Waals surface area contributed by atoms with Crippen LogP contribution >= 0.6 is 0 Å². The van der Waals surface area contributed by atoms with Gasteiger partial charge >= 0.3 is 0 Å². The number of rotatable bonds is 2. The summed E-state index contributed by atoms with van der Waals surface area (Å²) in [5.41, 5.74) is 5.34. The first-order chi connectivity index (χ1) is 6.61. The zero-order valence-electron chi connectivity index (χ0n) is 8.66. The van der Waals surface area contributed by atoms with Gasteiger partial charge in [-0.1, -0.05) is 26.7 Å². The van der Waals surface area contributed by atoms with E-state index in [9.17, 15) is 4.79 Å². The van der Waals surface area contributed by atoms with E-state index < -0.39 is 5.91 Å². The Hall–Kier alpha value is -1.51. The summed E-state index contributed by atoms with van der Waals surface area (Å²) >= 11 is 0. The normalized spacial score (nSPS) is 8.71. The van der Waals surface area contributed by atoms with Crippen molar-refractivity contribution < 1.29 is 9.90 Å². The lowest BCUT2D eigenvalue weighted by atomic mass is 10.2. The Morgan fingerprint density at radius 2 is 1.64 bits per heavy atom. The molecule has 1 aromatic carbocycles. The monoisotopic (exact) mass is 195 g/mol. The van der Waals surface area contributed by atoms with Crippen LogP contribution in [0, 0.1) is 0 Å². The van der Waals surface area contributed by atoms with Crippen molar-refractivity contribution in [1.82, 2.24) is 0 Å². The van der Waals surface area contributed by atoms with Gasteiger partial charge in [-0.3, -0.25) is 4.79 Å². The van der Waals surface area contributed by atoms with Crippen LogP contribution in [0.25, 0.3) is 0 Å². The lowest BCUT2D eigenvalue weighted by Crippen LogP contribution is -2.10. The summed E-state index contributed by atoms with van der Waals surface area (Å²) in [6.07, 6.45) is 2.64. The van der Waals surface area contributed by atoms with E-state index in [4.69, 9.17) is 10.8 Å². The molecule has 0 atom stereocenters. The first-order valence-corrected chi connectivity index (χ1v) is 4.70. The second kappa shape index (κ2) is 6.95. The van der Waals surface area contributed by atoms with Gasteiger partial charge in [0.05, 0.1) is 0 Å². The fraction of sp³-hybridized carbons (Fsp3) is 0.364. The lowest BCUT2D eigenvalue weighted by molar-refractivity contribution is 0.100. The van der Waals surface area contributed by atoms with Gasteiger partial charge < -0.3 is 10.8 Å². The molecule has 0 unspecified atom stereocenters. The Labute approximate surface area is 84.6 Å². The van der Waals surface area contributed by atoms with E-state index in [0.29, 0.717) is 5.56 Å². The molecule has 0 aliphatic carbocycles. The molecule has 3 N–H and O–H groups in total. The SMILES string of the molecule is CCCC.NC(=O)c1ccc(O)cc1. The highest BCUT2D eigenvalue weighted by Gasteiger charge is 1.96. The topological polar surface area (TPSA) is 63.3 Å². The Morgan fingerprint density at radius 1 is 1.21 bits per heavy atom. The summed E-state index contributed by atoms with van der Waals surface area (Å²) in [5, 5.41) is 8.79. The van der Waals surface area contributed by atoms with Gasteiger partial charge in [-0.15, -0.1) is 0 Å². The number of carbonyl (C=O) groups is 1. The number of phenols is 1. The van der Waals surface area contributed by atoms with E-state index in [-0.39, 0.29) is 5.75 Å². The van der Waals surface area contributed by atoms with E-state index in [1.807, 2.05) is 0 Å². The molecule has 0 saturated carbocycles. The first kappa shape index (κ1) is 12.5. The molecule has 1 rings (SSSR count). The molecule has 0 spiro atoms. The van der Waals surface area contributed by atoms with E-state index in [1.54, 1.807) is 0 Å². The minimum Gasteiger partial charge on any atom is -0.508 e. The van der Waals surface area contributed by atoms with E-state index in [0.717, 1.165) is 0 Å². The molecule has 0 saturated heterocycles. The maximum absolute atomic E-state index is 10.5. The van der Waals surface area contributed by atoms with Gasteiger partial charge in [-0.2, -0.15) is 0 Å². The highest BCUT2D eigenvalue weighted by atomic mass is 16.3. The summed E-state index contributed by atoms with van der Waals surface area (Å²) in [4.78, 5) is 10.5. The quantitative estimate of drug-likeness (QED) is 0.760. The van der Waals surface area contributed by atoms with Crippen LogP contribution in [0.2, 0.25) is 0 Å². The van der Waals surface area contributed by atoms with Crippen LogP contribution in [0.1, 0.15) is 37.0 Å². The van der Waals surface area contributed by atoms with E-state index in [1.165, 1.54) is 37.1 Å². The van der Waals surface area contributed by atoms with Crippen molar-refractivity contribution in [3.8, 4) is 5.75 Å². The maximum Gasteiger partial charge on any atom is 0.248 e. The molecule has 0 heterocycles. The zero-order valence-corrected chi connectivity index (χ0v) is 8.66. The summed E-state index contributed by atoms with van der Waals surface area (Å²) in [5.74, 6) is -0.356. The third kappa shape index (κ3) is 5.19. The standard InChI is InChI=1S/C7H7NO2.C4H10/c8-7(10)5-1-3-6(9)4-2-5;1-3-4-2/h1-4,9H,(H2,8,10);3-4H2,1-2H3. The number of benzene rings is 1. The Kier molecular flexibility index (Phi) is 6.20. The zero-order chi connectivity index (χ0) is 11.0. The van der Waals surface area contributed by atoms with Crippen LogP contribution in [-0.4, -0.2) is 11.0 Å². The number of nitrogens with two attached hydrogens (primary N) is 1. The summed E-state index contributed by atoms with van der Waals surface area (Å²) in [7, 11) is 0. The summed E-state index contributed by atoms with van der Waals surface area (Å²) < 4.78 is 0. The second-order valence-corrected chi connectivity index (χ2v) is 2.91. The molecular weight excluding hydrogens is 178 g/mol. The highest BCUT2D eigenvalue weighted by Crippen LogP contribution is 2.08. The molecule has 0 fully saturated rings. The van der Waals surface area contributed by atoms with Crippen LogP contribution < -0.4 is 5.73 Å². The average molecular weight is 195 g/mol. The number of hydrogen-bond donors (Lipinski definition) is 2. The molecule has 3 nitrogen and oxygen atoms in total. The Morgan fingerprint density at radius 3 is 1.93 bits per heavy atom. The molecule has 0 aromatic heterocycles. The molecule has 0 radical (unpaired) electrons. The van der Waals surface area contributed by atoms with Crippen LogP contribution in [0.3, 0.4) is 0 Å². The van der Waals surface area contributed by atoms with Crippen molar-refractivity contribution >= 4 is 5.91 Å². The minimum absolute atomic E-state index is 0.130. The maximum atomic E-state index is 10.5. The number of hydrogen-bond acceptors (Lipinski definition) is 2. The molecule has 0 bridgehead atoms. The van der Waals surface area contributed by atoms with Gasteiger partial charge in [-0.25, -0.2) is 0 Å². The highest BCUT2D eigenvalue weighted by molar-refractivity contribution is 5.92. The molecule has 0 aliphatic rings. The van der Waals surface area contributed by atoms with Gasteiger partial charge in [-0.05, 0) is 24.3 Å². The van der Waals surface area contributed by atoms with Crippen molar-refractivity contribution in [1.29, 1.82) is 0 Å². The van der Waals surface area contributed by atoms with Crippen molar-refractivity contribution in [3.63, 3.8) is 0 Å². The van der Waals surface area contributed by atoms with Crippen molar-refractivity contribution in [3.05, 3.63) is 29.8 Å². The summed E-state index contributed by atoms with van der Waals surface area (Å²) in [6.45, 7) is 4.36. The summed E-state index contributed by atoms with van der Waals surface area (Å²) in [6, 6.07) is 5.77. The Balaban J connectivity index is 0.000000364. The van der Waals surface area contributed by atoms with Crippen LogP contribution in [0.15, 0.2) is 24.3 Å². The minimum atomic E-state index is -0.486. The number of unbranched alkanes of at least 4 members (excludes halogenated alkanes) is 1. The van der Waals surface area contributed by atoms with Gasteiger partial charge in [0.15, 0.2) is 0 Å². The lowest BCUT2D eigenvalue weighted by Gasteiger charge is -1.93. The second-order valence-electron chi connectivity index (χ2n) is 2.91. The number of aromatic hydroxyl groups is 1. The Bertz CT molecular complexity index is 265. The van der Waals surface area contributed by atoms with Crippen LogP contribution in [-0.2, 0) is 0 Å². The third-order valence-corrected chi connectivity index (χ3v) is 1.65. The van der Waals surface area contributed by atoms with E-state index in [2.05, 4.69) is 13.8 Å². The number of phenolic OH excluding ortho intramolecular Hbond substituents is 1. The molecule has 1 amide bonds. The third-order valence-electron chi connectivity index (χ3n) is 1.65. The molecule has 1 aromatic rings. The van der Waals surface area contributed by atoms with Crippen molar-refractivity contribution in [2.75, 3.05) is 0 Å². The average Bonchev–Trinajstić information content (AvgIpc) is 2.19. The van der Waals surface area contributed by atoms with Crippen molar-refractivity contribution in [2.24, 2.45) is 5.73 Å².